The summed E-state index contributed by atoms with van der Waals surface area (Å²) in [6, 6.07) is -0.702. The molecule has 0 aliphatic carbocycles. The van der Waals surface area contributed by atoms with Gasteiger partial charge in [-0.1, -0.05) is 0 Å². The monoisotopic (exact) mass is 264 g/mol. The number of nitrogens with zero attached hydrogens (tertiary/aromatic N) is 1. The lowest BCUT2D eigenvalue weighted by Crippen LogP contribution is -2.47. The topological polar surface area (TPSA) is 75.7 Å². The van der Waals surface area contributed by atoms with E-state index in [1.165, 1.54) is 11.4 Å². The van der Waals surface area contributed by atoms with Crippen LogP contribution in [0.25, 0.3) is 0 Å². The van der Waals surface area contributed by atoms with Crippen LogP contribution in [0.4, 0.5) is 0 Å². The van der Waals surface area contributed by atoms with E-state index in [9.17, 15) is 13.2 Å². The highest BCUT2D eigenvalue weighted by Gasteiger charge is 2.40. The van der Waals surface area contributed by atoms with Crippen molar-refractivity contribution < 1.29 is 17.9 Å². The van der Waals surface area contributed by atoms with Gasteiger partial charge in [0, 0.05) is 13.6 Å². The Bertz CT molecular complexity index is 386. The number of hydrogen-bond donors (Lipinski definition) is 1. The van der Waals surface area contributed by atoms with E-state index in [1.807, 2.05) is 0 Å². The Morgan fingerprint density at radius 3 is 2.47 bits per heavy atom. The first-order valence-corrected chi connectivity index (χ1v) is 7.04. The van der Waals surface area contributed by atoms with Crippen molar-refractivity contribution in [3.63, 3.8) is 0 Å². The standard InChI is InChI=1S/C10H20N2O4S/c1-10(2,3)16-9(13)8-6-5-7-12(8)17(14,15)11-4/h8,11H,5-7H2,1-4H3/t8-/m0/s1. The minimum absolute atomic E-state index is 0.354. The largest absolute Gasteiger partial charge is 0.459 e. The van der Waals surface area contributed by atoms with Gasteiger partial charge in [-0.05, 0) is 33.6 Å². The fourth-order valence-corrected chi connectivity index (χ4v) is 2.88. The van der Waals surface area contributed by atoms with Crippen molar-refractivity contribution in [2.75, 3.05) is 13.6 Å². The number of nitrogens with one attached hydrogen (secondary N) is 1. The highest BCUT2D eigenvalue weighted by molar-refractivity contribution is 7.87. The van der Waals surface area contributed by atoms with Gasteiger partial charge >= 0.3 is 5.97 Å². The van der Waals surface area contributed by atoms with Gasteiger partial charge in [0.2, 0.25) is 0 Å². The number of carbonyl (C=O) groups excluding carboxylic acids is 1. The van der Waals surface area contributed by atoms with Crippen molar-refractivity contribution in [1.82, 2.24) is 9.03 Å². The van der Waals surface area contributed by atoms with Crippen LogP contribution in [0, 0.1) is 0 Å². The molecule has 0 aromatic carbocycles. The molecule has 1 aliphatic rings. The summed E-state index contributed by atoms with van der Waals surface area (Å²) in [6.07, 6.45) is 1.18. The van der Waals surface area contributed by atoms with Crippen LogP contribution in [0.3, 0.4) is 0 Å². The summed E-state index contributed by atoms with van der Waals surface area (Å²) in [7, 11) is -2.23. The second-order valence-electron chi connectivity index (χ2n) is 5.01. The first-order valence-electron chi connectivity index (χ1n) is 5.60. The Kier molecular flexibility index (Phi) is 4.16. The summed E-state index contributed by atoms with van der Waals surface area (Å²) in [5, 5.41) is 0. The Labute approximate surface area is 102 Å². The fraction of sp³-hybridized carbons (Fsp3) is 0.900. The predicted octanol–water partition coefficient (Wildman–Crippen LogP) is 0.257. The molecule has 1 aliphatic heterocycles. The fourth-order valence-electron chi connectivity index (χ4n) is 1.75. The van der Waals surface area contributed by atoms with E-state index >= 15 is 0 Å². The molecule has 1 fully saturated rings. The summed E-state index contributed by atoms with van der Waals surface area (Å²) in [5.74, 6) is -0.478. The zero-order valence-corrected chi connectivity index (χ0v) is 11.5. The van der Waals surface area contributed by atoms with Crippen molar-refractivity contribution in [1.29, 1.82) is 0 Å². The number of hydrogen-bond acceptors (Lipinski definition) is 4. The molecule has 1 N–H and O–H groups in total. The molecule has 0 saturated carbocycles. The molecule has 0 spiro atoms. The smallest absolute Gasteiger partial charge is 0.325 e. The van der Waals surface area contributed by atoms with Crippen LogP contribution < -0.4 is 4.72 Å². The summed E-state index contributed by atoms with van der Waals surface area (Å²) in [6.45, 7) is 5.64. The van der Waals surface area contributed by atoms with E-state index in [2.05, 4.69) is 4.72 Å². The molecule has 17 heavy (non-hydrogen) atoms. The van der Waals surface area contributed by atoms with Crippen LogP contribution in [0.2, 0.25) is 0 Å². The second kappa shape index (κ2) is 4.91. The van der Waals surface area contributed by atoms with Gasteiger partial charge in [-0.15, -0.1) is 0 Å². The average molecular weight is 264 g/mol. The number of rotatable bonds is 3. The van der Waals surface area contributed by atoms with Gasteiger partial charge in [-0.2, -0.15) is 12.7 Å². The number of ether oxygens (including phenoxy) is 1. The molecular formula is C10H20N2O4S. The molecule has 0 radical (unpaired) electrons. The van der Waals surface area contributed by atoms with Crippen LogP contribution in [0.1, 0.15) is 33.6 Å². The molecule has 6 nitrogen and oxygen atoms in total. The highest BCUT2D eigenvalue weighted by Crippen LogP contribution is 2.23. The van der Waals surface area contributed by atoms with Crippen LogP contribution in [-0.4, -0.2) is 43.9 Å². The van der Waals surface area contributed by atoms with E-state index in [0.29, 0.717) is 19.4 Å². The second-order valence-corrected chi connectivity index (χ2v) is 6.84. The van der Waals surface area contributed by atoms with Crippen LogP contribution in [-0.2, 0) is 19.7 Å². The molecule has 1 atom stereocenters. The number of esters is 1. The summed E-state index contributed by atoms with van der Waals surface area (Å²) >= 11 is 0. The minimum atomic E-state index is -3.57. The lowest BCUT2D eigenvalue weighted by molar-refractivity contribution is -0.158. The Balaban J connectivity index is 2.80. The molecule has 7 heteroatoms. The molecule has 100 valence electrons. The normalized spacial score (nSPS) is 22.7. The Morgan fingerprint density at radius 1 is 1.41 bits per heavy atom. The maximum absolute atomic E-state index is 11.9. The molecule has 0 aromatic rings. The molecule has 0 aromatic heterocycles. The first kappa shape index (κ1) is 14.4. The van der Waals surface area contributed by atoms with Gasteiger partial charge in [-0.25, -0.2) is 4.72 Å². The van der Waals surface area contributed by atoms with Crippen LogP contribution >= 0.6 is 0 Å². The molecule has 1 saturated heterocycles. The zero-order valence-electron chi connectivity index (χ0n) is 10.7. The van der Waals surface area contributed by atoms with E-state index in [-0.39, 0.29) is 0 Å². The Hall–Kier alpha value is -0.660. The summed E-state index contributed by atoms with van der Waals surface area (Å²) in [4.78, 5) is 11.9. The van der Waals surface area contributed by atoms with E-state index in [0.717, 1.165) is 0 Å². The molecule has 0 amide bonds. The Morgan fingerprint density at radius 2 is 2.00 bits per heavy atom. The van der Waals surface area contributed by atoms with Crippen molar-refractivity contribution in [3.8, 4) is 0 Å². The molecule has 0 bridgehead atoms. The van der Waals surface area contributed by atoms with Crippen molar-refractivity contribution in [2.24, 2.45) is 0 Å². The lowest BCUT2D eigenvalue weighted by Gasteiger charge is -2.26. The van der Waals surface area contributed by atoms with Crippen LogP contribution in [0.5, 0.6) is 0 Å². The van der Waals surface area contributed by atoms with Gasteiger partial charge in [0.05, 0.1) is 0 Å². The lowest BCUT2D eigenvalue weighted by atomic mass is 10.2. The zero-order chi connectivity index (χ0) is 13.3. The highest BCUT2D eigenvalue weighted by atomic mass is 32.2. The van der Waals surface area contributed by atoms with E-state index in [4.69, 9.17) is 4.74 Å². The van der Waals surface area contributed by atoms with Crippen molar-refractivity contribution in [2.45, 2.75) is 45.3 Å². The van der Waals surface area contributed by atoms with E-state index in [1.54, 1.807) is 20.8 Å². The van der Waals surface area contributed by atoms with Gasteiger partial charge in [0.25, 0.3) is 10.2 Å². The summed E-state index contributed by atoms with van der Waals surface area (Å²) < 4.78 is 32.0. The SMILES string of the molecule is CNS(=O)(=O)N1CCC[C@H]1C(=O)OC(C)(C)C. The molecule has 0 unspecified atom stereocenters. The molecule has 1 heterocycles. The number of carbonyl (C=O) groups is 1. The quantitative estimate of drug-likeness (QED) is 0.742. The van der Waals surface area contributed by atoms with Gasteiger partial charge in [0.15, 0.2) is 0 Å². The minimum Gasteiger partial charge on any atom is -0.459 e. The summed E-state index contributed by atoms with van der Waals surface area (Å²) in [5.41, 5.74) is -0.602. The maximum atomic E-state index is 11.9. The van der Waals surface area contributed by atoms with E-state index < -0.39 is 27.8 Å². The van der Waals surface area contributed by atoms with Gasteiger partial charge in [0.1, 0.15) is 11.6 Å². The van der Waals surface area contributed by atoms with Crippen LogP contribution in [0.15, 0.2) is 0 Å². The van der Waals surface area contributed by atoms with Gasteiger partial charge in [-0.3, -0.25) is 4.79 Å². The molecule has 1 rings (SSSR count). The van der Waals surface area contributed by atoms with Crippen molar-refractivity contribution in [3.05, 3.63) is 0 Å². The maximum Gasteiger partial charge on any atom is 0.325 e. The first-order chi connectivity index (χ1) is 7.67. The predicted molar refractivity (Wildman–Crippen MR) is 63.6 cm³/mol. The average Bonchev–Trinajstić information content (AvgIpc) is 2.63. The molecular weight excluding hydrogens is 244 g/mol. The third kappa shape index (κ3) is 3.65. The van der Waals surface area contributed by atoms with Gasteiger partial charge < -0.3 is 4.74 Å². The van der Waals surface area contributed by atoms with Crippen molar-refractivity contribution >= 4 is 16.2 Å². The third-order valence-corrected chi connectivity index (χ3v) is 4.02. The third-order valence-electron chi connectivity index (χ3n) is 2.45.